The summed E-state index contributed by atoms with van der Waals surface area (Å²) < 4.78 is 7.40. The van der Waals surface area contributed by atoms with Crippen LogP contribution in [0.15, 0.2) is 71.3 Å². The van der Waals surface area contributed by atoms with E-state index in [1.165, 1.54) is 0 Å². The number of nitrogens with zero attached hydrogens (tertiary/aromatic N) is 2. The highest BCUT2D eigenvalue weighted by molar-refractivity contribution is 8.01. The number of anilines is 1. The van der Waals surface area contributed by atoms with E-state index in [1.807, 2.05) is 48.9 Å². The predicted octanol–water partition coefficient (Wildman–Crippen LogP) is 5.91. The Balaban J connectivity index is 1.63. The van der Waals surface area contributed by atoms with Crippen molar-refractivity contribution in [3.63, 3.8) is 0 Å². The summed E-state index contributed by atoms with van der Waals surface area (Å²) in [6.45, 7) is 6.02. The fourth-order valence-electron chi connectivity index (χ4n) is 4.01. The molecule has 2 aromatic carbocycles. The Labute approximate surface area is 185 Å². The van der Waals surface area contributed by atoms with Crippen LogP contribution in [0, 0.1) is 13.8 Å². The lowest BCUT2D eigenvalue weighted by Gasteiger charge is -2.17. The second-order valence-corrected chi connectivity index (χ2v) is 9.24. The standard InChI is InChI=1S/C25H23N3O2S/c1-15-7-4-5-8-20(15)28-24-22(16(2)27-28)23(31-17(3)25(29)26-24)19-12-10-18(11-13-19)21-9-6-14-30-21/h4-14,17,23H,1-3H3,(H,26,29)/t17-,23+/m0/s1. The quantitative estimate of drug-likeness (QED) is 0.440. The molecule has 4 aromatic rings. The third-order valence-electron chi connectivity index (χ3n) is 5.68. The van der Waals surface area contributed by atoms with Gasteiger partial charge in [-0.25, -0.2) is 4.68 Å². The molecule has 0 aliphatic carbocycles. The van der Waals surface area contributed by atoms with Gasteiger partial charge in [0, 0.05) is 11.1 Å². The number of aryl methyl sites for hydroxylation is 2. The molecule has 0 bridgehead atoms. The van der Waals surface area contributed by atoms with Crippen LogP contribution in [0.5, 0.6) is 0 Å². The molecule has 0 fully saturated rings. The number of carbonyl (C=O) groups is 1. The molecule has 0 radical (unpaired) electrons. The fraction of sp³-hybridized carbons (Fsp3) is 0.200. The zero-order valence-corrected chi connectivity index (χ0v) is 18.4. The lowest BCUT2D eigenvalue weighted by Crippen LogP contribution is -2.22. The first kappa shape index (κ1) is 19.7. The molecule has 3 heterocycles. The molecule has 6 heteroatoms. The van der Waals surface area contributed by atoms with Gasteiger partial charge < -0.3 is 9.73 Å². The summed E-state index contributed by atoms with van der Waals surface area (Å²) in [5, 5.41) is 7.78. The van der Waals surface area contributed by atoms with Crippen molar-refractivity contribution >= 4 is 23.5 Å². The summed E-state index contributed by atoms with van der Waals surface area (Å²) in [6, 6.07) is 20.3. The van der Waals surface area contributed by atoms with Crippen molar-refractivity contribution in [1.82, 2.24) is 9.78 Å². The minimum atomic E-state index is -0.188. The van der Waals surface area contributed by atoms with Crippen LogP contribution in [-0.4, -0.2) is 20.9 Å². The van der Waals surface area contributed by atoms with Crippen molar-refractivity contribution in [2.75, 3.05) is 5.32 Å². The van der Waals surface area contributed by atoms with E-state index in [0.29, 0.717) is 0 Å². The molecule has 5 nitrogen and oxygen atoms in total. The Bertz CT molecular complexity index is 1240. The van der Waals surface area contributed by atoms with Gasteiger partial charge >= 0.3 is 0 Å². The SMILES string of the molecule is Cc1ccccc1-n1nc(C)c2c1NC(=O)[C@H](C)S[C@@H]2c1ccc(-c2ccco2)cc1. The molecule has 0 spiro atoms. The zero-order chi connectivity index (χ0) is 21.5. The van der Waals surface area contributed by atoms with Crippen LogP contribution in [0.4, 0.5) is 5.82 Å². The summed E-state index contributed by atoms with van der Waals surface area (Å²) in [5.74, 6) is 1.60. The van der Waals surface area contributed by atoms with E-state index in [4.69, 9.17) is 9.52 Å². The summed E-state index contributed by atoms with van der Waals surface area (Å²) in [6.07, 6.45) is 1.68. The molecule has 0 saturated carbocycles. The van der Waals surface area contributed by atoms with Crippen LogP contribution in [0.1, 0.15) is 34.6 Å². The monoisotopic (exact) mass is 429 g/mol. The molecule has 31 heavy (non-hydrogen) atoms. The highest BCUT2D eigenvalue weighted by Crippen LogP contribution is 2.46. The summed E-state index contributed by atoms with van der Waals surface area (Å²) in [7, 11) is 0. The number of rotatable bonds is 3. The van der Waals surface area contributed by atoms with Crippen LogP contribution >= 0.6 is 11.8 Å². The third-order valence-corrected chi connectivity index (χ3v) is 7.09. The van der Waals surface area contributed by atoms with Gasteiger partial charge in [0.05, 0.1) is 28.1 Å². The van der Waals surface area contributed by atoms with E-state index in [-0.39, 0.29) is 16.4 Å². The largest absolute Gasteiger partial charge is 0.464 e. The minimum Gasteiger partial charge on any atom is -0.464 e. The van der Waals surface area contributed by atoms with E-state index in [1.54, 1.807) is 18.0 Å². The molecule has 2 aromatic heterocycles. The maximum atomic E-state index is 12.9. The van der Waals surface area contributed by atoms with Gasteiger partial charge in [-0.3, -0.25) is 4.79 Å². The van der Waals surface area contributed by atoms with Crippen LogP contribution in [0.3, 0.4) is 0 Å². The molecule has 1 amide bonds. The first-order chi connectivity index (χ1) is 15.0. The molecule has 2 atom stereocenters. The third kappa shape index (κ3) is 3.47. The van der Waals surface area contributed by atoms with Gasteiger partial charge in [0.15, 0.2) is 0 Å². The van der Waals surface area contributed by atoms with Crippen molar-refractivity contribution in [2.45, 2.75) is 31.3 Å². The van der Waals surface area contributed by atoms with Crippen LogP contribution < -0.4 is 5.32 Å². The normalized spacial score (nSPS) is 18.4. The maximum Gasteiger partial charge on any atom is 0.238 e. The lowest BCUT2D eigenvalue weighted by molar-refractivity contribution is -0.115. The Hall–Kier alpha value is -3.25. The second-order valence-electron chi connectivity index (χ2n) is 7.79. The van der Waals surface area contributed by atoms with E-state index < -0.39 is 0 Å². The lowest BCUT2D eigenvalue weighted by atomic mass is 10.0. The topological polar surface area (TPSA) is 60.1 Å². The van der Waals surface area contributed by atoms with Gasteiger partial charge in [0.2, 0.25) is 5.91 Å². The number of furan rings is 1. The number of nitrogens with one attached hydrogen (secondary N) is 1. The first-order valence-corrected chi connectivity index (χ1v) is 11.2. The molecule has 1 aliphatic rings. The molecular weight excluding hydrogens is 406 g/mol. The van der Waals surface area contributed by atoms with Gasteiger partial charge in [-0.15, -0.1) is 11.8 Å². The number of amides is 1. The van der Waals surface area contributed by atoms with E-state index in [2.05, 4.69) is 42.6 Å². The number of fused-ring (bicyclic) bond motifs is 1. The number of aromatic nitrogens is 2. The summed E-state index contributed by atoms with van der Waals surface area (Å²) >= 11 is 1.65. The molecule has 0 unspecified atom stereocenters. The minimum absolute atomic E-state index is 0.00399. The van der Waals surface area contributed by atoms with Gasteiger partial charge in [-0.2, -0.15) is 5.10 Å². The van der Waals surface area contributed by atoms with E-state index in [0.717, 1.165) is 45.2 Å². The van der Waals surface area contributed by atoms with Gasteiger partial charge in [0.1, 0.15) is 11.6 Å². The summed E-state index contributed by atoms with van der Waals surface area (Å²) in [4.78, 5) is 12.9. The number of para-hydroxylation sites is 1. The van der Waals surface area contributed by atoms with E-state index >= 15 is 0 Å². The highest BCUT2D eigenvalue weighted by atomic mass is 32.2. The number of hydrogen-bond acceptors (Lipinski definition) is 4. The van der Waals surface area contributed by atoms with Crippen molar-refractivity contribution in [2.24, 2.45) is 0 Å². The van der Waals surface area contributed by atoms with Gasteiger partial charge in [-0.05, 0) is 50.1 Å². The second kappa shape index (κ2) is 7.78. The molecule has 5 rings (SSSR count). The number of benzene rings is 2. The average Bonchev–Trinajstić information content (AvgIpc) is 3.38. The molecule has 1 N–H and O–H groups in total. The predicted molar refractivity (Wildman–Crippen MR) is 125 cm³/mol. The molecule has 156 valence electrons. The first-order valence-electron chi connectivity index (χ1n) is 10.3. The Morgan fingerprint density at radius 3 is 2.52 bits per heavy atom. The van der Waals surface area contributed by atoms with Gasteiger partial charge in [-0.1, -0.05) is 42.5 Å². The fourth-order valence-corrected chi connectivity index (χ4v) is 5.33. The van der Waals surface area contributed by atoms with Crippen LogP contribution in [0.25, 0.3) is 17.0 Å². The van der Waals surface area contributed by atoms with Gasteiger partial charge in [0.25, 0.3) is 0 Å². The summed E-state index contributed by atoms with van der Waals surface area (Å²) in [5.41, 5.74) is 6.21. The Morgan fingerprint density at radius 1 is 1.03 bits per heavy atom. The van der Waals surface area contributed by atoms with Crippen molar-refractivity contribution in [3.8, 4) is 17.0 Å². The smallest absolute Gasteiger partial charge is 0.238 e. The zero-order valence-electron chi connectivity index (χ0n) is 17.6. The highest BCUT2D eigenvalue weighted by Gasteiger charge is 2.34. The van der Waals surface area contributed by atoms with Crippen molar-refractivity contribution in [3.05, 3.63) is 89.3 Å². The Kier molecular flexibility index (Phi) is 4.94. The number of thioether (sulfide) groups is 1. The van der Waals surface area contributed by atoms with Crippen molar-refractivity contribution < 1.29 is 9.21 Å². The van der Waals surface area contributed by atoms with Crippen LogP contribution in [-0.2, 0) is 4.79 Å². The molecular formula is C25H23N3O2S. The Morgan fingerprint density at radius 2 is 1.81 bits per heavy atom. The molecule has 1 aliphatic heterocycles. The number of hydrogen-bond donors (Lipinski definition) is 1. The van der Waals surface area contributed by atoms with E-state index in [9.17, 15) is 4.79 Å². The van der Waals surface area contributed by atoms with Crippen molar-refractivity contribution in [1.29, 1.82) is 0 Å². The number of carbonyl (C=O) groups excluding carboxylic acids is 1. The van der Waals surface area contributed by atoms with Crippen LogP contribution in [0.2, 0.25) is 0 Å². The molecule has 0 saturated heterocycles. The average molecular weight is 430 g/mol. The maximum absolute atomic E-state index is 12.9.